The Morgan fingerprint density at radius 1 is 1.11 bits per heavy atom. The zero-order valence-electron chi connectivity index (χ0n) is 34.1. The van der Waals surface area contributed by atoms with Crippen LogP contribution in [0.1, 0.15) is 20.6 Å². The van der Waals surface area contributed by atoms with Gasteiger partial charge in [-0.15, -0.1) is 5.10 Å². The minimum absolute atomic E-state index is 0.00350. The molecular weight excluding hydrogens is 474 g/mol. The summed E-state index contributed by atoms with van der Waals surface area (Å²) in [4.78, 5) is 7.96. The van der Waals surface area contributed by atoms with Gasteiger partial charge >= 0.3 is 0 Å². The summed E-state index contributed by atoms with van der Waals surface area (Å²) in [6.45, 7) is -25.4. The second-order valence-electron chi connectivity index (χ2n) is 7.31. The highest BCUT2D eigenvalue weighted by molar-refractivity contribution is 5.90. The normalized spacial score (nSPS) is 27.3. The predicted molar refractivity (Wildman–Crippen MR) is 139 cm³/mol. The van der Waals surface area contributed by atoms with E-state index in [1.807, 2.05) is 0 Å². The van der Waals surface area contributed by atoms with E-state index < -0.39 is 80.5 Å². The van der Waals surface area contributed by atoms with Gasteiger partial charge in [0.2, 0.25) is 11.8 Å². The predicted octanol–water partition coefficient (Wildman–Crippen LogP) is 2.16. The van der Waals surface area contributed by atoms with Gasteiger partial charge in [-0.25, -0.2) is 9.67 Å². The highest BCUT2D eigenvalue weighted by Crippen LogP contribution is 2.24. The molecule has 2 N–H and O–H groups in total. The maximum atomic E-state index is 8.94. The number of aromatic nitrogens is 6. The van der Waals surface area contributed by atoms with E-state index in [1.165, 1.54) is 24.5 Å². The summed E-state index contributed by atoms with van der Waals surface area (Å²) in [7, 11) is 1.12. The van der Waals surface area contributed by atoms with Crippen LogP contribution in [0.3, 0.4) is 0 Å². The Hall–Kier alpha value is -4.16. The second kappa shape index (κ2) is 10.1. The highest BCUT2D eigenvalue weighted by atomic mass is 16.5. The lowest BCUT2D eigenvalue weighted by Crippen LogP contribution is -2.47. The Labute approximate surface area is 234 Å². The zero-order chi connectivity index (χ0) is 38.6. The van der Waals surface area contributed by atoms with Crippen molar-refractivity contribution in [3.8, 4) is 17.3 Å². The van der Waals surface area contributed by atoms with Gasteiger partial charge in [0.25, 0.3) is 0 Å². The molecule has 1 fully saturated rings. The monoisotopic (exact) mass is 518 g/mol. The number of nitrogens with two attached hydrogens (primary N) is 1. The van der Waals surface area contributed by atoms with Crippen molar-refractivity contribution in [2.24, 2.45) is 0 Å². The lowest BCUT2D eigenvalue weighted by molar-refractivity contribution is 0.146. The minimum atomic E-state index is -4.01. The fourth-order valence-corrected chi connectivity index (χ4v) is 3.34. The van der Waals surface area contributed by atoms with Crippen LogP contribution in [0.2, 0.25) is 0 Å². The molecule has 1 aliphatic rings. The van der Waals surface area contributed by atoms with Crippen molar-refractivity contribution in [2.45, 2.75) is 6.50 Å². The van der Waals surface area contributed by atoms with E-state index in [1.54, 1.807) is 6.07 Å². The van der Waals surface area contributed by atoms with E-state index in [0.717, 1.165) is 23.8 Å². The third-order valence-electron chi connectivity index (χ3n) is 5.05. The summed E-state index contributed by atoms with van der Waals surface area (Å²) in [6.07, 6.45) is 0.641. The number of fused-ring (bicyclic) bond motifs is 3. The smallest absolute Gasteiger partial charge is 0.225 e. The molecule has 6 rings (SSSR count). The van der Waals surface area contributed by atoms with Crippen LogP contribution in [0.15, 0.2) is 53.3 Å². The number of nitrogen functional groups attached to an aromatic ring is 1. The number of ether oxygens (including phenoxy) is 2. The van der Waals surface area contributed by atoms with E-state index in [0.29, 0.717) is 0 Å². The summed E-state index contributed by atoms with van der Waals surface area (Å²) < 4.78 is 147. The number of hydrogen-bond donors (Lipinski definition) is 1. The van der Waals surface area contributed by atoms with E-state index in [4.69, 9.17) is 35.4 Å². The number of aryl methyl sites for hydroxylation is 1. The summed E-state index contributed by atoms with van der Waals surface area (Å²) in [5.74, 6) is -0.206. The van der Waals surface area contributed by atoms with Crippen molar-refractivity contribution >= 4 is 28.3 Å². The Morgan fingerprint density at radius 3 is 2.70 bits per heavy atom. The topological polar surface area (TPSA) is 125 Å². The summed E-state index contributed by atoms with van der Waals surface area (Å²) in [6, 6.07) is 7.56. The van der Waals surface area contributed by atoms with Crippen LogP contribution < -0.4 is 15.4 Å². The first-order chi connectivity index (χ1) is 23.8. The van der Waals surface area contributed by atoms with Gasteiger partial charge in [0.05, 0.1) is 43.2 Å². The third kappa shape index (κ3) is 4.68. The molecule has 12 nitrogen and oxygen atoms in total. The molecule has 0 radical (unpaired) electrons. The van der Waals surface area contributed by atoms with Crippen molar-refractivity contribution in [3.63, 3.8) is 0 Å². The van der Waals surface area contributed by atoms with Crippen LogP contribution in [0.4, 0.5) is 11.6 Å². The lowest BCUT2D eigenvalue weighted by Gasteiger charge is -2.36. The van der Waals surface area contributed by atoms with Crippen molar-refractivity contribution in [1.82, 2.24) is 34.3 Å². The van der Waals surface area contributed by atoms with E-state index in [9.17, 15) is 0 Å². The molecule has 0 aliphatic carbocycles. The molecule has 4 aromatic heterocycles. The number of methoxy groups -OCH3 is 1. The molecule has 0 unspecified atom stereocenters. The molecule has 0 bridgehead atoms. The third-order valence-corrected chi connectivity index (χ3v) is 5.05. The fraction of sp³-hybridized carbons (Fsp3) is 0.360. The number of anilines is 2. The minimum Gasteiger partial charge on any atom is -0.491 e. The first-order valence-electron chi connectivity index (χ1n) is 18.2. The second-order valence-corrected chi connectivity index (χ2v) is 7.31. The van der Waals surface area contributed by atoms with Crippen molar-refractivity contribution in [2.75, 3.05) is 63.4 Å². The molecule has 5 heterocycles. The SMILES string of the molecule is [2H]c1nn(C([2H])([2H])C([2H])([2H])N2C([2H])([2H])C([2H])([2H])N(c3ccc(OCC([2H])([2H])OC)cc3)C([2H])([2H])C2([2H])[2H])c2nc(N)n3nc(-c4ccco4)nc3c12. The first-order valence-corrected chi connectivity index (χ1v) is 10.7. The van der Waals surface area contributed by atoms with Gasteiger partial charge in [-0.05, 0) is 36.4 Å². The largest absolute Gasteiger partial charge is 0.491 e. The van der Waals surface area contributed by atoms with Crippen LogP contribution in [0.5, 0.6) is 5.75 Å². The molecule has 1 saturated heterocycles. The molecule has 0 amide bonds. The number of nitrogens with zero attached hydrogens (tertiary/aromatic N) is 8. The fourth-order valence-electron chi connectivity index (χ4n) is 3.34. The van der Waals surface area contributed by atoms with Gasteiger partial charge in [-0.3, -0.25) is 4.90 Å². The maximum Gasteiger partial charge on any atom is 0.225 e. The van der Waals surface area contributed by atoms with Gasteiger partial charge in [0.1, 0.15) is 12.4 Å². The number of benzene rings is 1. The van der Waals surface area contributed by atoms with Gasteiger partial charge in [0, 0.05) is 53.5 Å². The van der Waals surface area contributed by atoms with Gasteiger partial charge in [0.15, 0.2) is 17.1 Å². The van der Waals surface area contributed by atoms with Crippen LogP contribution in [0, 0.1) is 0 Å². The molecule has 0 atom stereocenters. The van der Waals surface area contributed by atoms with Crippen molar-refractivity contribution < 1.29 is 34.5 Å². The van der Waals surface area contributed by atoms with E-state index in [2.05, 4.69) is 24.9 Å². The average molecular weight is 519 g/mol. The van der Waals surface area contributed by atoms with Crippen molar-refractivity contribution in [1.29, 1.82) is 0 Å². The Morgan fingerprint density at radius 2 is 1.95 bits per heavy atom. The van der Waals surface area contributed by atoms with Crippen LogP contribution >= 0.6 is 0 Å². The van der Waals surface area contributed by atoms with E-state index in [-0.39, 0.29) is 37.9 Å². The molecule has 37 heavy (non-hydrogen) atoms. The molecule has 1 aliphatic heterocycles. The quantitative estimate of drug-likeness (QED) is 0.310. The number of piperazine rings is 1. The molecule has 0 saturated carbocycles. The lowest BCUT2D eigenvalue weighted by atomic mass is 10.2. The number of rotatable bonds is 9. The summed E-state index contributed by atoms with van der Waals surface area (Å²) >= 11 is 0. The first kappa shape index (κ1) is 11.9. The Kier molecular flexibility index (Phi) is 3.25. The van der Waals surface area contributed by atoms with E-state index >= 15 is 0 Å². The van der Waals surface area contributed by atoms with Gasteiger partial charge in [-0.1, -0.05) is 0 Å². The average Bonchev–Trinajstić information content (AvgIpc) is 3.79. The number of furan rings is 1. The highest BCUT2D eigenvalue weighted by Gasteiger charge is 2.20. The molecule has 12 heteroatoms. The molecule has 5 aromatic rings. The van der Waals surface area contributed by atoms with Gasteiger partial charge < -0.3 is 24.5 Å². The molecule has 1 aromatic carbocycles. The maximum absolute atomic E-state index is 8.94. The van der Waals surface area contributed by atoms with Crippen LogP contribution in [-0.4, -0.2) is 87.0 Å². The standard InChI is InChI=1S/C25H29N9O3/c1-35-15-16-36-19-6-4-18(5-7-19)32-11-8-31(9-12-32)10-13-33-23-20(17-27-33)24-28-22(21-3-2-14-37-21)30-34(24)25(26)29-23/h2-7,14,17H,8-13,15-16H2,1H3,(H2,26,29)/i8D2,9D2,10D2,11D2,12D2,13D2,15D2,17D. The summed E-state index contributed by atoms with van der Waals surface area (Å²) in [5.41, 5.74) is 4.90. The van der Waals surface area contributed by atoms with Crippen LogP contribution in [0.25, 0.3) is 28.3 Å². The van der Waals surface area contributed by atoms with Crippen molar-refractivity contribution in [3.05, 3.63) is 48.8 Å². The van der Waals surface area contributed by atoms with Gasteiger partial charge in [-0.2, -0.15) is 14.6 Å². The Balaban J connectivity index is 1.44. The van der Waals surface area contributed by atoms with Crippen LogP contribution in [-0.2, 0) is 11.2 Å². The molecular formula is C25H29N9O3. The zero-order valence-corrected chi connectivity index (χ0v) is 19.1. The number of hydrogen-bond acceptors (Lipinski definition) is 10. The Bertz CT molecular complexity index is 2110. The summed E-state index contributed by atoms with van der Waals surface area (Å²) in [5, 5.41) is 7.69. The molecule has 192 valence electrons. The molecule has 0 spiro atoms.